The molecule has 3 nitrogen and oxygen atoms in total. The van der Waals surface area contributed by atoms with Crippen LogP contribution in [0.5, 0.6) is 0 Å². The summed E-state index contributed by atoms with van der Waals surface area (Å²) < 4.78 is 5.44. The predicted molar refractivity (Wildman–Crippen MR) is 69.9 cm³/mol. The minimum atomic E-state index is 0.242. The van der Waals surface area contributed by atoms with E-state index in [1.807, 2.05) is 0 Å². The highest BCUT2D eigenvalue weighted by Crippen LogP contribution is 2.39. The van der Waals surface area contributed by atoms with Gasteiger partial charge < -0.3 is 10.5 Å². The maximum atomic E-state index is 6.05. The molecule has 0 aromatic heterocycles. The van der Waals surface area contributed by atoms with Crippen molar-refractivity contribution >= 4 is 11.8 Å². The third-order valence-electron chi connectivity index (χ3n) is 4.17. The molecule has 0 bridgehead atoms. The number of hydrogen-bond acceptors (Lipinski definition) is 4. The molecule has 0 spiro atoms. The Balaban J connectivity index is 2.02. The normalized spacial score (nSPS) is 37.1. The molecule has 2 aliphatic rings. The summed E-state index contributed by atoms with van der Waals surface area (Å²) in [6.45, 7) is 4.94. The highest BCUT2D eigenvalue weighted by molar-refractivity contribution is 8.00. The minimum absolute atomic E-state index is 0.242. The van der Waals surface area contributed by atoms with Crippen molar-refractivity contribution in [1.82, 2.24) is 4.90 Å². The summed E-state index contributed by atoms with van der Waals surface area (Å²) >= 11 is 2.07. The minimum Gasteiger partial charge on any atom is -0.381 e. The van der Waals surface area contributed by atoms with Gasteiger partial charge in [-0.15, -0.1) is 0 Å². The van der Waals surface area contributed by atoms with Crippen molar-refractivity contribution in [2.24, 2.45) is 5.73 Å². The lowest BCUT2D eigenvalue weighted by molar-refractivity contribution is 0.00517. The summed E-state index contributed by atoms with van der Waals surface area (Å²) in [5.74, 6) is 1.19. The molecule has 4 heteroatoms. The first-order valence-electron chi connectivity index (χ1n) is 6.30. The molecule has 2 N–H and O–H groups in total. The second-order valence-corrected chi connectivity index (χ2v) is 6.64. The summed E-state index contributed by atoms with van der Waals surface area (Å²) in [6.07, 6.45) is 3.57. The number of ether oxygens (including phenoxy) is 1. The number of rotatable bonds is 3. The highest BCUT2D eigenvalue weighted by Gasteiger charge is 2.42. The van der Waals surface area contributed by atoms with Crippen LogP contribution in [0.3, 0.4) is 0 Å². The second-order valence-electron chi connectivity index (χ2n) is 5.21. The molecule has 2 heterocycles. The van der Waals surface area contributed by atoms with E-state index in [0.29, 0.717) is 6.04 Å². The molecular weight excluding hydrogens is 220 g/mol. The maximum absolute atomic E-state index is 6.05. The maximum Gasteiger partial charge on any atom is 0.0480 e. The van der Waals surface area contributed by atoms with Crippen LogP contribution in [0.25, 0.3) is 0 Å². The van der Waals surface area contributed by atoms with Crippen molar-refractivity contribution < 1.29 is 4.74 Å². The highest BCUT2D eigenvalue weighted by atomic mass is 32.2. The van der Waals surface area contributed by atoms with Gasteiger partial charge in [0, 0.05) is 42.3 Å². The zero-order valence-electron chi connectivity index (χ0n) is 10.4. The van der Waals surface area contributed by atoms with E-state index in [1.54, 1.807) is 0 Å². The van der Waals surface area contributed by atoms with Crippen LogP contribution in [0.4, 0.5) is 0 Å². The van der Waals surface area contributed by atoms with Crippen molar-refractivity contribution in [2.45, 2.75) is 43.0 Å². The van der Waals surface area contributed by atoms with Gasteiger partial charge in [-0.25, -0.2) is 0 Å². The largest absolute Gasteiger partial charge is 0.381 e. The molecule has 0 aliphatic carbocycles. The van der Waals surface area contributed by atoms with Crippen molar-refractivity contribution in [1.29, 1.82) is 0 Å². The summed E-state index contributed by atoms with van der Waals surface area (Å²) in [6, 6.07) is 0.670. The fourth-order valence-electron chi connectivity index (χ4n) is 2.94. The zero-order valence-corrected chi connectivity index (χ0v) is 11.3. The van der Waals surface area contributed by atoms with E-state index in [9.17, 15) is 0 Å². The SMILES string of the molecule is CC1CC(CN)(N(C)C2CCOCC2)CS1. The number of likely N-dealkylation sites (N-methyl/N-ethyl adjacent to an activating group) is 1. The Morgan fingerprint density at radius 1 is 1.44 bits per heavy atom. The average Bonchev–Trinajstić information content (AvgIpc) is 2.72. The molecule has 2 rings (SSSR count). The quantitative estimate of drug-likeness (QED) is 0.812. The van der Waals surface area contributed by atoms with Gasteiger partial charge in [0.15, 0.2) is 0 Å². The molecule has 2 unspecified atom stereocenters. The van der Waals surface area contributed by atoms with Gasteiger partial charge in [0.1, 0.15) is 0 Å². The molecule has 2 fully saturated rings. The van der Waals surface area contributed by atoms with E-state index < -0.39 is 0 Å². The molecule has 16 heavy (non-hydrogen) atoms. The fraction of sp³-hybridized carbons (Fsp3) is 1.00. The van der Waals surface area contributed by atoms with Crippen LogP contribution in [0.1, 0.15) is 26.2 Å². The van der Waals surface area contributed by atoms with Crippen LogP contribution >= 0.6 is 11.8 Å². The fourth-order valence-corrected chi connectivity index (χ4v) is 4.40. The van der Waals surface area contributed by atoms with Crippen LogP contribution in [0, 0.1) is 0 Å². The van der Waals surface area contributed by atoms with Gasteiger partial charge in [-0.05, 0) is 26.3 Å². The van der Waals surface area contributed by atoms with Gasteiger partial charge in [-0.3, -0.25) is 4.90 Å². The molecule has 0 saturated carbocycles. The first-order chi connectivity index (χ1) is 7.68. The molecule has 94 valence electrons. The van der Waals surface area contributed by atoms with Crippen molar-refractivity contribution in [2.75, 3.05) is 32.6 Å². The van der Waals surface area contributed by atoms with Crippen LogP contribution in [-0.4, -0.2) is 54.3 Å². The monoisotopic (exact) mass is 244 g/mol. The van der Waals surface area contributed by atoms with Gasteiger partial charge in [0.25, 0.3) is 0 Å². The van der Waals surface area contributed by atoms with Gasteiger partial charge in [-0.2, -0.15) is 11.8 Å². The first-order valence-corrected chi connectivity index (χ1v) is 7.35. The third kappa shape index (κ3) is 2.40. The summed E-state index contributed by atoms with van der Waals surface area (Å²) in [4.78, 5) is 2.56. The van der Waals surface area contributed by atoms with E-state index in [4.69, 9.17) is 10.5 Å². The van der Waals surface area contributed by atoms with Crippen LogP contribution < -0.4 is 5.73 Å². The Morgan fingerprint density at radius 2 is 2.12 bits per heavy atom. The third-order valence-corrected chi connectivity index (χ3v) is 5.61. The van der Waals surface area contributed by atoms with E-state index in [2.05, 4.69) is 30.6 Å². The molecule has 2 atom stereocenters. The van der Waals surface area contributed by atoms with Crippen molar-refractivity contribution in [3.63, 3.8) is 0 Å². The second kappa shape index (κ2) is 5.25. The van der Waals surface area contributed by atoms with Crippen molar-refractivity contribution in [3.05, 3.63) is 0 Å². The Bertz CT molecular complexity index is 233. The summed E-state index contributed by atoms with van der Waals surface area (Å²) in [5.41, 5.74) is 6.29. The first kappa shape index (κ1) is 12.7. The number of nitrogens with zero attached hydrogens (tertiary/aromatic N) is 1. The van der Waals surface area contributed by atoms with Gasteiger partial charge >= 0.3 is 0 Å². The van der Waals surface area contributed by atoms with E-state index >= 15 is 0 Å². The van der Waals surface area contributed by atoms with Crippen LogP contribution in [0.15, 0.2) is 0 Å². The molecule has 0 amide bonds. The molecule has 2 saturated heterocycles. The smallest absolute Gasteiger partial charge is 0.0480 e. The van der Waals surface area contributed by atoms with E-state index in [-0.39, 0.29) is 5.54 Å². The topological polar surface area (TPSA) is 38.5 Å². The molecule has 0 radical (unpaired) electrons. The number of nitrogens with two attached hydrogens (primary N) is 1. The Hall–Kier alpha value is 0.230. The molecule has 2 aliphatic heterocycles. The van der Waals surface area contributed by atoms with Crippen LogP contribution in [-0.2, 0) is 4.74 Å². The lowest BCUT2D eigenvalue weighted by Crippen LogP contribution is -2.57. The van der Waals surface area contributed by atoms with Gasteiger partial charge in [0.05, 0.1) is 0 Å². The lowest BCUT2D eigenvalue weighted by Gasteiger charge is -2.44. The Morgan fingerprint density at radius 3 is 2.62 bits per heavy atom. The Kier molecular flexibility index (Phi) is 4.16. The standard InChI is InChI=1S/C12H24N2OS/c1-10-7-12(8-13,9-16-10)14(2)11-3-5-15-6-4-11/h10-11H,3-9,13H2,1-2H3. The molecule has 0 aromatic rings. The molecular formula is C12H24N2OS. The van der Waals surface area contributed by atoms with Crippen LogP contribution in [0.2, 0.25) is 0 Å². The lowest BCUT2D eigenvalue weighted by atomic mass is 9.91. The number of thioether (sulfide) groups is 1. The van der Waals surface area contributed by atoms with Crippen molar-refractivity contribution in [3.8, 4) is 0 Å². The average molecular weight is 244 g/mol. The number of hydrogen-bond donors (Lipinski definition) is 1. The summed E-state index contributed by atoms with van der Waals surface area (Å²) in [7, 11) is 2.27. The predicted octanol–water partition coefficient (Wildman–Crippen LogP) is 1.32. The van der Waals surface area contributed by atoms with Gasteiger partial charge in [0.2, 0.25) is 0 Å². The molecule has 0 aromatic carbocycles. The van der Waals surface area contributed by atoms with Gasteiger partial charge in [-0.1, -0.05) is 6.92 Å². The van der Waals surface area contributed by atoms with E-state index in [1.165, 1.54) is 12.2 Å². The Labute approximate surface area is 103 Å². The van der Waals surface area contributed by atoms with E-state index in [0.717, 1.165) is 37.9 Å². The zero-order chi connectivity index (χ0) is 11.6. The summed E-state index contributed by atoms with van der Waals surface area (Å²) in [5, 5.41) is 0.755.